The molecule has 0 aliphatic carbocycles. The zero-order valence-corrected chi connectivity index (χ0v) is 12.9. The van der Waals surface area contributed by atoms with Crippen molar-refractivity contribution in [3.8, 4) is 0 Å². The molecule has 1 N–H and O–H groups in total. The lowest BCUT2D eigenvalue weighted by Crippen LogP contribution is -2.54. The largest absolute Gasteiger partial charge is 0.468 e. The molecule has 1 rings (SSSR count). The summed E-state index contributed by atoms with van der Waals surface area (Å²) in [5.74, 6) is -0.191. The fourth-order valence-electron chi connectivity index (χ4n) is 2.53. The number of morpholine rings is 1. The minimum absolute atomic E-state index is 0.191. The fraction of sp³-hybridized carbons (Fsp3) is 0.929. The van der Waals surface area contributed by atoms with Crippen molar-refractivity contribution >= 4 is 5.97 Å². The summed E-state index contributed by atoms with van der Waals surface area (Å²) in [5, 5.41) is 3.24. The van der Waals surface area contributed by atoms with Crippen LogP contribution in [0.4, 0.5) is 0 Å². The van der Waals surface area contributed by atoms with Gasteiger partial charge in [-0.1, -0.05) is 6.92 Å². The number of nitrogens with zero attached hydrogens (tertiary/aromatic N) is 1. The molecule has 5 nitrogen and oxygen atoms in total. The lowest BCUT2D eigenvalue weighted by molar-refractivity contribution is -0.148. The molecule has 1 aliphatic rings. The predicted molar refractivity (Wildman–Crippen MR) is 75.2 cm³/mol. The Morgan fingerprint density at radius 3 is 2.79 bits per heavy atom. The number of likely N-dealkylation sites (N-methyl/N-ethyl adjacent to an activating group) is 1. The normalized spacial score (nSPS) is 27.8. The van der Waals surface area contributed by atoms with Crippen molar-refractivity contribution in [1.82, 2.24) is 10.2 Å². The van der Waals surface area contributed by atoms with Crippen LogP contribution in [-0.4, -0.2) is 61.9 Å². The van der Waals surface area contributed by atoms with Gasteiger partial charge < -0.3 is 14.8 Å². The summed E-state index contributed by atoms with van der Waals surface area (Å²) in [6, 6.07) is 0.403. The van der Waals surface area contributed by atoms with Gasteiger partial charge in [0.05, 0.1) is 19.8 Å². The molecule has 5 heteroatoms. The van der Waals surface area contributed by atoms with Gasteiger partial charge >= 0.3 is 5.97 Å². The minimum atomic E-state index is -0.606. The third-order valence-electron chi connectivity index (χ3n) is 3.84. The topological polar surface area (TPSA) is 50.8 Å². The van der Waals surface area contributed by atoms with Crippen LogP contribution in [0.15, 0.2) is 0 Å². The Kier molecular flexibility index (Phi) is 6.23. The van der Waals surface area contributed by atoms with E-state index in [0.29, 0.717) is 6.04 Å². The highest BCUT2D eigenvalue weighted by atomic mass is 16.5. The van der Waals surface area contributed by atoms with Gasteiger partial charge in [-0.2, -0.15) is 0 Å². The number of methoxy groups -OCH3 is 1. The standard InChI is InChI=1S/C14H28N2O3/c1-6-15-14(4,13(17)18-5)7-8-16-9-12(3)19-10-11(16)2/h11-12,15H,6-10H2,1-5H3. The van der Waals surface area contributed by atoms with E-state index in [0.717, 1.165) is 32.7 Å². The Labute approximate surface area is 116 Å². The van der Waals surface area contributed by atoms with E-state index >= 15 is 0 Å². The maximum Gasteiger partial charge on any atom is 0.325 e. The Balaban J connectivity index is 2.57. The second-order valence-corrected chi connectivity index (χ2v) is 5.59. The first-order valence-electron chi connectivity index (χ1n) is 7.12. The van der Waals surface area contributed by atoms with Gasteiger partial charge in [-0.25, -0.2) is 0 Å². The van der Waals surface area contributed by atoms with Gasteiger partial charge in [-0.05, 0) is 33.7 Å². The number of carbonyl (C=O) groups is 1. The molecule has 0 saturated carbocycles. The number of esters is 1. The second kappa shape index (κ2) is 7.22. The SMILES string of the molecule is CCNC(C)(CCN1CC(C)OCC1C)C(=O)OC. The first-order chi connectivity index (χ1) is 8.92. The molecule has 0 aromatic heterocycles. The van der Waals surface area contributed by atoms with Crippen LogP contribution in [0.2, 0.25) is 0 Å². The van der Waals surface area contributed by atoms with Crippen molar-refractivity contribution in [2.24, 2.45) is 0 Å². The van der Waals surface area contributed by atoms with Crippen LogP contribution in [-0.2, 0) is 14.3 Å². The molecule has 0 aromatic rings. The molecular formula is C14H28N2O3. The van der Waals surface area contributed by atoms with Crippen molar-refractivity contribution in [1.29, 1.82) is 0 Å². The molecule has 0 amide bonds. The van der Waals surface area contributed by atoms with Gasteiger partial charge in [0.15, 0.2) is 0 Å². The van der Waals surface area contributed by atoms with Crippen LogP contribution in [0.25, 0.3) is 0 Å². The molecule has 112 valence electrons. The van der Waals surface area contributed by atoms with Gasteiger partial charge in [0.25, 0.3) is 0 Å². The molecule has 1 heterocycles. The average molecular weight is 272 g/mol. The van der Waals surface area contributed by atoms with E-state index in [4.69, 9.17) is 9.47 Å². The second-order valence-electron chi connectivity index (χ2n) is 5.59. The molecule has 0 bridgehead atoms. The number of hydrogen-bond donors (Lipinski definition) is 1. The van der Waals surface area contributed by atoms with E-state index in [1.54, 1.807) is 0 Å². The minimum Gasteiger partial charge on any atom is -0.468 e. The molecular weight excluding hydrogens is 244 g/mol. The van der Waals surface area contributed by atoms with Crippen molar-refractivity contribution in [2.45, 2.75) is 51.8 Å². The highest BCUT2D eigenvalue weighted by molar-refractivity contribution is 5.80. The maximum absolute atomic E-state index is 11.9. The first-order valence-corrected chi connectivity index (χ1v) is 7.12. The Bertz CT molecular complexity index is 298. The van der Waals surface area contributed by atoms with Crippen LogP contribution in [0, 0.1) is 0 Å². The third-order valence-corrected chi connectivity index (χ3v) is 3.84. The van der Waals surface area contributed by atoms with E-state index in [2.05, 4.69) is 24.1 Å². The van der Waals surface area contributed by atoms with Crippen molar-refractivity contribution < 1.29 is 14.3 Å². The van der Waals surface area contributed by atoms with Crippen molar-refractivity contribution in [2.75, 3.05) is 33.4 Å². The number of ether oxygens (including phenoxy) is 2. The summed E-state index contributed by atoms with van der Waals surface area (Å²) in [4.78, 5) is 14.3. The Hall–Kier alpha value is -0.650. The molecule has 0 aromatic carbocycles. The van der Waals surface area contributed by atoms with E-state index in [1.807, 2.05) is 13.8 Å². The third kappa shape index (κ3) is 4.44. The quantitative estimate of drug-likeness (QED) is 0.732. The van der Waals surface area contributed by atoms with Gasteiger partial charge in [0, 0.05) is 19.1 Å². The van der Waals surface area contributed by atoms with Crippen molar-refractivity contribution in [3.63, 3.8) is 0 Å². The van der Waals surface area contributed by atoms with Crippen LogP contribution >= 0.6 is 0 Å². The van der Waals surface area contributed by atoms with Crippen LogP contribution in [0.5, 0.6) is 0 Å². The lowest BCUT2D eigenvalue weighted by Gasteiger charge is -2.38. The molecule has 1 fully saturated rings. The number of hydrogen-bond acceptors (Lipinski definition) is 5. The van der Waals surface area contributed by atoms with Gasteiger partial charge in [0.2, 0.25) is 0 Å². The molecule has 0 spiro atoms. The lowest BCUT2D eigenvalue weighted by atomic mass is 9.97. The summed E-state index contributed by atoms with van der Waals surface area (Å²) in [6.45, 7) is 11.5. The maximum atomic E-state index is 11.9. The highest BCUT2D eigenvalue weighted by Crippen LogP contribution is 2.17. The van der Waals surface area contributed by atoms with Crippen LogP contribution in [0.1, 0.15) is 34.1 Å². The molecule has 0 radical (unpaired) electrons. The van der Waals surface area contributed by atoms with Gasteiger partial charge in [-0.15, -0.1) is 0 Å². The van der Waals surface area contributed by atoms with Crippen LogP contribution < -0.4 is 5.32 Å². The van der Waals surface area contributed by atoms with Gasteiger partial charge in [0.1, 0.15) is 5.54 Å². The van der Waals surface area contributed by atoms with Gasteiger partial charge in [-0.3, -0.25) is 9.69 Å². The smallest absolute Gasteiger partial charge is 0.325 e. The molecule has 1 aliphatic heterocycles. The molecule has 1 saturated heterocycles. The van der Waals surface area contributed by atoms with E-state index in [-0.39, 0.29) is 12.1 Å². The Morgan fingerprint density at radius 2 is 2.21 bits per heavy atom. The molecule has 3 unspecified atom stereocenters. The first kappa shape index (κ1) is 16.4. The molecule has 19 heavy (non-hydrogen) atoms. The summed E-state index contributed by atoms with van der Waals surface area (Å²) in [5.41, 5.74) is -0.606. The number of carbonyl (C=O) groups excluding carboxylic acids is 1. The Morgan fingerprint density at radius 1 is 1.53 bits per heavy atom. The van der Waals surface area contributed by atoms with Crippen LogP contribution in [0.3, 0.4) is 0 Å². The monoisotopic (exact) mass is 272 g/mol. The average Bonchev–Trinajstić information content (AvgIpc) is 2.39. The van der Waals surface area contributed by atoms with E-state index < -0.39 is 5.54 Å². The molecule has 3 atom stereocenters. The van der Waals surface area contributed by atoms with E-state index in [9.17, 15) is 4.79 Å². The van der Waals surface area contributed by atoms with Crippen molar-refractivity contribution in [3.05, 3.63) is 0 Å². The zero-order chi connectivity index (χ0) is 14.5. The zero-order valence-electron chi connectivity index (χ0n) is 12.9. The predicted octanol–water partition coefficient (Wildman–Crippen LogP) is 1.03. The fourth-order valence-corrected chi connectivity index (χ4v) is 2.53. The van der Waals surface area contributed by atoms with E-state index in [1.165, 1.54) is 7.11 Å². The summed E-state index contributed by atoms with van der Waals surface area (Å²) in [7, 11) is 1.44. The summed E-state index contributed by atoms with van der Waals surface area (Å²) < 4.78 is 10.5. The summed E-state index contributed by atoms with van der Waals surface area (Å²) in [6.07, 6.45) is 1.00. The highest BCUT2D eigenvalue weighted by Gasteiger charge is 2.34. The number of nitrogens with one attached hydrogen (secondary N) is 1. The summed E-state index contributed by atoms with van der Waals surface area (Å²) >= 11 is 0. The number of rotatable bonds is 6.